The minimum atomic E-state index is 0.716. The fourth-order valence-electron chi connectivity index (χ4n) is 1.96. The summed E-state index contributed by atoms with van der Waals surface area (Å²) < 4.78 is 0. The van der Waals surface area contributed by atoms with Crippen molar-refractivity contribution in [2.45, 2.75) is 12.8 Å². The summed E-state index contributed by atoms with van der Waals surface area (Å²) in [5.41, 5.74) is 3.82. The zero-order valence-corrected chi connectivity index (χ0v) is 11.1. The summed E-state index contributed by atoms with van der Waals surface area (Å²) in [6.07, 6.45) is 4.32. The number of alkyl halides is 1. The Morgan fingerprint density at radius 1 is 0.833 bits per heavy atom. The van der Waals surface area contributed by atoms with Crippen molar-refractivity contribution in [1.29, 1.82) is 0 Å². The molecular weight excluding hydrogens is 240 g/mol. The van der Waals surface area contributed by atoms with E-state index in [1.807, 2.05) is 12.1 Å². The molecule has 0 spiro atoms. The Morgan fingerprint density at radius 2 is 1.33 bits per heavy atom. The van der Waals surface area contributed by atoms with Gasteiger partial charge in [0.2, 0.25) is 0 Å². The SMILES string of the molecule is ClCCCC=C(c1ccccc1)c1ccccc1. The number of unbranched alkanes of at least 4 members (excludes halogenated alkanes) is 1. The van der Waals surface area contributed by atoms with Gasteiger partial charge in [-0.25, -0.2) is 0 Å². The third-order valence-corrected chi connectivity index (χ3v) is 3.12. The lowest BCUT2D eigenvalue weighted by atomic mass is 9.97. The normalized spacial score (nSPS) is 10.1. The number of hydrogen-bond donors (Lipinski definition) is 0. The van der Waals surface area contributed by atoms with Crippen LogP contribution in [-0.2, 0) is 0 Å². The molecule has 0 atom stereocenters. The van der Waals surface area contributed by atoms with Gasteiger partial charge in [-0.15, -0.1) is 11.6 Å². The first-order valence-electron chi connectivity index (χ1n) is 6.29. The molecule has 0 heterocycles. The van der Waals surface area contributed by atoms with Crippen LogP contribution in [0.2, 0.25) is 0 Å². The summed E-state index contributed by atoms with van der Waals surface area (Å²) in [4.78, 5) is 0. The van der Waals surface area contributed by atoms with E-state index in [4.69, 9.17) is 11.6 Å². The van der Waals surface area contributed by atoms with Crippen LogP contribution >= 0.6 is 11.6 Å². The number of allylic oxidation sites excluding steroid dienone is 1. The van der Waals surface area contributed by atoms with Crippen molar-refractivity contribution >= 4 is 17.2 Å². The van der Waals surface area contributed by atoms with Crippen molar-refractivity contribution in [2.24, 2.45) is 0 Å². The number of benzene rings is 2. The zero-order chi connectivity index (χ0) is 12.6. The van der Waals surface area contributed by atoms with Gasteiger partial charge in [0.15, 0.2) is 0 Å². The molecule has 0 amide bonds. The monoisotopic (exact) mass is 256 g/mol. The molecule has 2 rings (SSSR count). The average Bonchev–Trinajstić information content (AvgIpc) is 2.46. The summed E-state index contributed by atoms with van der Waals surface area (Å²) in [6, 6.07) is 21.0. The predicted molar refractivity (Wildman–Crippen MR) is 79.9 cm³/mol. The topological polar surface area (TPSA) is 0 Å². The van der Waals surface area contributed by atoms with Crippen molar-refractivity contribution in [3.05, 3.63) is 77.9 Å². The largest absolute Gasteiger partial charge is 0.127 e. The highest BCUT2D eigenvalue weighted by atomic mass is 35.5. The van der Waals surface area contributed by atoms with E-state index in [1.54, 1.807) is 0 Å². The first-order valence-corrected chi connectivity index (χ1v) is 6.82. The van der Waals surface area contributed by atoms with E-state index >= 15 is 0 Å². The lowest BCUT2D eigenvalue weighted by molar-refractivity contribution is 0.968. The first-order chi connectivity index (χ1) is 8.92. The molecule has 0 saturated heterocycles. The highest BCUT2D eigenvalue weighted by Crippen LogP contribution is 2.23. The van der Waals surface area contributed by atoms with E-state index in [-0.39, 0.29) is 0 Å². The maximum absolute atomic E-state index is 5.75. The Kier molecular flexibility index (Phi) is 5.04. The minimum Gasteiger partial charge on any atom is -0.127 e. The summed E-state index contributed by atoms with van der Waals surface area (Å²) in [5, 5.41) is 0. The van der Waals surface area contributed by atoms with Crippen LogP contribution in [0.5, 0.6) is 0 Å². The Balaban J connectivity index is 2.33. The fraction of sp³-hybridized carbons (Fsp3) is 0.176. The van der Waals surface area contributed by atoms with Gasteiger partial charge in [0.1, 0.15) is 0 Å². The van der Waals surface area contributed by atoms with E-state index in [0.717, 1.165) is 12.8 Å². The van der Waals surface area contributed by atoms with Crippen molar-refractivity contribution in [3.8, 4) is 0 Å². The highest BCUT2D eigenvalue weighted by Gasteiger charge is 2.03. The van der Waals surface area contributed by atoms with Gasteiger partial charge in [-0.1, -0.05) is 66.7 Å². The Morgan fingerprint density at radius 3 is 1.78 bits per heavy atom. The molecule has 18 heavy (non-hydrogen) atoms. The van der Waals surface area contributed by atoms with Gasteiger partial charge >= 0.3 is 0 Å². The van der Waals surface area contributed by atoms with Gasteiger partial charge in [-0.2, -0.15) is 0 Å². The number of rotatable bonds is 5. The maximum atomic E-state index is 5.75. The lowest BCUT2D eigenvalue weighted by Crippen LogP contribution is -1.88. The molecule has 0 aliphatic rings. The molecular formula is C17H17Cl. The molecule has 0 bridgehead atoms. The van der Waals surface area contributed by atoms with E-state index in [0.29, 0.717) is 5.88 Å². The highest BCUT2D eigenvalue weighted by molar-refractivity contribution is 6.17. The Bertz CT molecular complexity index is 444. The molecule has 0 radical (unpaired) electrons. The van der Waals surface area contributed by atoms with Gasteiger partial charge < -0.3 is 0 Å². The minimum absolute atomic E-state index is 0.716. The quantitative estimate of drug-likeness (QED) is 0.513. The van der Waals surface area contributed by atoms with Crippen LogP contribution in [0.3, 0.4) is 0 Å². The lowest BCUT2D eigenvalue weighted by Gasteiger charge is -2.08. The second kappa shape index (κ2) is 7.03. The summed E-state index contributed by atoms with van der Waals surface area (Å²) in [7, 11) is 0. The standard InChI is InChI=1S/C17H17Cl/c18-14-8-7-13-17(15-9-3-1-4-10-15)16-11-5-2-6-12-16/h1-6,9-13H,7-8,14H2. The first kappa shape index (κ1) is 12.9. The molecule has 0 saturated carbocycles. The second-order valence-electron chi connectivity index (χ2n) is 4.18. The molecule has 2 aromatic carbocycles. The average molecular weight is 257 g/mol. The van der Waals surface area contributed by atoms with E-state index in [9.17, 15) is 0 Å². The molecule has 0 aliphatic heterocycles. The molecule has 0 unspecified atom stereocenters. The van der Waals surface area contributed by atoms with Crippen LogP contribution in [0.25, 0.3) is 5.57 Å². The fourth-order valence-corrected chi connectivity index (χ4v) is 2.12. The molecule has 0 nitrogen and oxygen atoms in total. The summed E-state index contributed by atoms with van der Waals surface area (Å²) in [6.45, 7) is 0. The van der Waals surface area contributed by atoms with Crippen molar-refractivity contribution in [3.63, 3.8) is 0 Å². The van der Waals surface area contributed by atoms with Crippen molar-refractivity contribution in [2.75, 3.05) is 5.88 Å². The molecule has 2 aromatic rings. The van der Waals surface area contributed by atoms with Gasteiger partial charge in [-0.05, 0) is 29.5 Å². The van der Waals surface area contributed by atoms with Gasteiger partial charge in [0, 0.05) is 5.88 Å². The third-order valence-electron chi connectivity index (χ3n) is 2.86. The molecule has 0 aliphatic carbocycles. The summed E-state index contributed by atoms with van der Waals surface area (Å²) in [5.74, 6) is 0.716. The maximum Gasteiger partial charge on any atom is 0.0226 e. The number of hydrogen-bond acceptors (Lipinski definition) is 0. The second-order valence-corrected chi connectivity index (χ2v) is 4.56. The smallest absolute Gasteiger partial charge is 0.0226 e. The van der Waals surface area contributed by atoms with Gasteiger partial charge in [0.25, 0.3) is 0 Å². The van der Waals surface area contributed by atoms with Crippen LogP contribution < -0.4 is 0 Å². The number of halogens is 1. The Labute approximate surface area is 114 Å². The van der Waals surface area contributed by atoms with Gasteiger partial charge in [0.05, 0.1) is 0 Å². The van der Waals surface area contributed by atoms with E-state index in [1.165, 1.54) is 16.7 Å². The van der Waals surface area contributed by atoms with Crippen molar-refractivity contribution < 1.29 is 0 Å². The third kappa shape index (κ3) is 3.48. The van der Waals surface area contributed by atoms with Crippen molar-refractivity contribution in [1.82, 2.24) is 0 Å². The van der Waals surface area contributed by atoms with Crippen LogP contribution in [0.1, 0.15) is 24.0 Å². The molecule has 1 heteroatoms. The van der Waals surface area contributed by atoms with E-state index in [2.05, 4.69) is 54.6 Å². The molecule has 0 aromatic heterocycles. The predicted octanol–water partition coefficient (Wildman–Crippen LogP) is 5.14. The molecule has 0 N–H and O–H groups in total. The molecule has 0 fully saturated rings. The summed E-state index contributed by atoms with van der Waals surface area (Å²) >= 11 is 5.75. The zero-order valence-electron chi connectivity index (χ0n) is 10.4. The van der Waals surface area contributed by atoms with Crippen LogP contribution in [-0.4, -0.2) is 5.88 Å². The van der Waals surface area contributed by atoms with Crippen LogP contribution in [0.15, 0.2) is 66.7 Å². The molecule has 92 valence electrons. The van der Waals surface area contributed by atoms with Crippen LogP contribution in [0, 0.1) is 0 Å². The van der Waals surface area contributed by atoms with E-state index < -0.39 is 0 Å². The van der Waals surface area contributed by atoms with Crippen LogP contribution in [0.4, 0.5) is 0 Å². The van der Waals surface area contributed by atoms with Gasteiger partial charge in [-0.3, -0.25) is 0 Å². The Hall–Kier alpha value is -1.53.